The van der Waals surface area contributed by atoms with Gasteiger partial charge in [0.05, 0.1) is 17.8 Å². The Morgan fingerprint density at radius 3 is 2.50 bits per heavy atom. The number of sulfonamides is 1. The van der Waals surface area contributed by atoms with E-state index in [1.54, 1.807) is 49.4 Å². The average Bonchev–Trinajstić information content (AvgIpc) is 3.16. The van der Waals surface area contributed by atoms with Crippen molar-refractivity contribution in [1.82, 2.24) is 5.16 Å². The number of rotatable bonds is 7. The first kappa shape index (κ1) is 21.6. The summed E-state index contributed by atoms with van der Waals surface area (Å²) in [6.45, 7) is 3.96. The number of aryl methyl sites for hydroxylation is 1. The Kier molecular flexibility index (Phi) is 5.96. The van der Waals surface area contributed by atoms with Gasteiger partial charge in [-0.05, 0) is 50.2 Å². The molecule has 0 atom stereocenters. The zero-order chi connectivity index (χ0) is 22.7. The molecule has 164 valence electrons. The average molecular weight is 450 g/mol. The molecule has 1 amide bonds. The highest BCUT2D eigenvalue weighted by atomic mass is 32.2. The summed E-state index contributed by atoms with van der Waals surface area (Å²) in [6, 6.07) is 20.9. The molecule has 4 rings (SSSR count). The van der Waals surface area contributed by atoms with Crippen LogP contribution in [0.2, 0.25) is 0 Å². The highest BCUT2D eigenvalue weighted by Crippen LogP contribution is 2.29. The fraction of sp³-hybridized carbons (Fsp3) is 0.167. The van der Waals surface area contributed by atoms with Gasteiger partial charge in [-0.15, -0.1) is 0 Å². The minimum Gasteiger partial charge on any atom is -0.356 e. The van der Waals surface area contributed by atoms with Crippen molar-refractivity contribution in [3.05, 3.63) is 84.1 Å². The summed E-state index contributed by atoms with van der Waals surface area (Å²) in [7, 11) is -3.90. The summed E-state index contributed by atoms with van der Waals surface area (Å²) in [5.41, 5.74) is 2.90. The summed E-state index contributed by atoms with van der Waals surface area (Å²) in [6.07, 6.45) is -0.0407. The SMILES string of the molecule is CCN(c1ccccc1)S(=O)(=O)c1ccccc1NC(=O)Cc1noc2ccc(C)cc12. The fourth-order valence-electron chi connectivity index (χ4n) is 3.58. The number of aromatic nitrogens is 1. The third-order valence-corrected chi connectivity index (χ3v) is 7.05. The maximum absolute atomic E-state index is 13.4. The van der Waals surface area contributed by atoms with Crippen LogP contribution in [0.4, 0.5) is 11.4 Å². The van der Waals surface area contributed by atoms with Gasteiger partial charge >= 0.3 is 0 Å². The largest absolute Gasteiger partial charge is 0.356 e. The fourth-order valence-corrected chi connectivity index (χ4v) is 5.20. The molecule has 4 aromatic rings. The summed E-state index contributed by atoms with van der Waals surface area (Å²) in [4.78, 5) is 12.8. The van der Waals surface area contributed by atoms with Gasteiger partial charge in [0.1, 0.15) is 10.6 Å². The van der Waals surface area contributed by atoms with Gasteiger partial charge in [0, 0.05) is 11.9 Å². The number of hydrogen-bond donors (Lipinski definition) is 1. The second-order valence-electron chi connectivity index (χ2n) is 7.36. The van der Waals surface area contributed by atoms with Gasteiger partial charge in [0.25, 0.3) is 10.0 Å². The lowest BCUT2D eigenvalue weighted by atomic mass is 10.1. The van der Waals surface area contributed by atoms with Crippen LogP contribution in [0.1, 0.15) is 18.2 Å². The molecule has 0 aliphatic heterocycles. The third kappa shape index (κ3) is 4.22. The molecule has 0 unspecified atom stereocenters. The maximum atomic E-state index is 13.4. The molecule has 0 saturated heterocycles. The molecule has 7 nitrogen and oxygen atoms in total. The molecule has 0 fully saturated rings. The summed E-state index contributed by atoms with van der Waals surface area (Å²) >= 11 is 0. The van der Waals surface area contributed by atoms with Crippen molar-refractivity contribution < 1.29 is 17.7 Å². The minimum absolute atomic E-state index is 0.0277. The molecule has 3 aromatic carbocycles. The predicted molar refractivity (Wildman–Crippen MR) is 124 cm³/mol. The Labute approximate surface area is 186 Å². The Balaban J connectivity index is 1.62. The monoisotopic (exact) mass is 449 g/mol. The van der Waals surface area contributed by atoms with Crippen LogP contribution in [0.3, 0.4) is 0 Å². The zero-order valence-corrected chi connectivity index (χ0v) is 18.6. The van der Waals surface area contributed by atoms with Crippen LogP contribution in [0.5, 0.6) is 0 Å². The number of hydrogen-bond acceptors (Lipinski definition) is 5. The highest BCUT2D eigenvalue weighted by Gasteiger charge is 2.27. The van der Waals surface area contributed by atoms with Crippen LogP contribution in [-0.2, 0) is 21.2 Å². The van der Waals surface area contributed by atoms with Gasteiger partial charge in [-0.25, -0.2) is 8.42 Å². The number of carbonyl (C=O) groups excluding carboxylic acids is 1. The van der Waals surface area contributed by atoms with E-state index in [-0.39, 0.29) is 29.5 Å². The standard InChI is InChI=1S/C24H23N3O4S/c1-3-27(18-9-5-4-6-10-18)32(29,30)23-12-8-7-11-20(23)25-24(28)16-21-19-15-17(2)13-14-22(19)31-26-21/h4-15H,3,16H2,1-2H3,(H,25,28). The molecule has 1 aromatic heterocycles. The third-order valence-electron chi connectivity index (χ3n) is 5.09. The number of anilines is 2. The van der Waals surface area contributed by atoms with E-state index in [0.29, 0.717) is 17.0 Å². The maximum Gasteiger partial charge on any atom is 0.266 e. The number of nitrogens with zero attached hydrogens (tertiary/aromatic N) is 2. The molecule has 1 N–H and O–H groups in total. The smallest absolute Gasteiger partial charge is 0.266 e. The number of carbonyl (C=O) groups is 1. The molecule has 1 heterocycles. The summed E-state index contributed by atoms with van der Waals surface area (Å²) in [5.74, 6) is -0.382. The van der Waals surface area contributed by atoms with Gasteiger partial charge < -0.3 is 9.84 Å². The molecule has 0 bridgehead atoms. The van der Waals surface area contributed by atoms with Crippen LogP contribution in [0.25, 0.3) is 11.0 Å². The van der Waals surface area contributed by atoms with E-state index in [4.69, 9.17) is 4.52 Å². The van der Waals surface area contributed by atoms with Gasteiger partial charge in [-0.1, -0.05) is 47.1 Å². The van der Waals surface area contributed by atoms with Crippen LogP contribution in [0.15, 0.2) is 82.2 Å². The van der Waals surface area contributed by atoms with E-state index in [2.05, 4.69) is 10.5 Å². The number of para-hydroxylation sites is 2. The highest BCUT2D eigenvalue weighted by molar-refractivity contribution is 7.93. The van der Waals surface area contributed by atoms with E-state index in [9.17, 15) is 13.2 Å². The molecule has 0 spiro atoms. The Bertz CT molecular complexity index is 1360. The van der Waals surface area contributed by atoms with E-state index < -0.39 is 10.0 Å². The second-order valence-corrected chi connectivity index (χ2v) is 9.19. The van der Waals surface area contributed by atoms with E-state index >= 15 is 0 Å². The van der Waals surface area contributed by atoms with Crippen molar-refractivity contribution in [3.63, 3.8) is 0 Å². The predicted octanol–water partition coefficient (Wildman–Crippen LogP) is 4.53. The lowest BCUT2D eigenvalue weighted by Gasteiger charge is -2.24. The molecule has 0 aliphatic carbocycles. The zero-order valence-electron chi connectivity index (χ0n) is 17.8. The molecular formula is C24H23N3O4S. The van der Waals surface area contributed by atoms with Gasteiger partial charge in [-0.2, -0.15) is 0 Å². The lowest BCUT2D eigenvalue weighted by molar-refractivity contribution is -0.115. The first-order chi connectivity index (χ1) is 15.4. The minimum atomic E-state index is -3.90. The van der Waals surface area contributed by atoms with Gasteiger partial charge in [0.2, 0.25) is 5.91 Å². The van der Waals surface area contributed by atoms with Crippen LogP contribution in [-0.4, -0.2) is 26.0 Å². The molecule has 32 heavy (non-hydrogen) atoms. The van der Waals surface area contributed by atoms with Crippen LogP contribution < -0.4 is 9.62 Å². The van der Waals surface area contributed by atoms with E-state index in [1.165, 1.54) is 10.4 Å². The molecular weight excluding hydrogens is 426 g/mol. The lowest BCUT2D eigenvalue weighted by Crippen LogP contribution is -2.31. The Hall–Kier alpha value is -3.65. The van der Waals surface area contributed by atoms with Crippen molar-refractivity contribution in [1.29, 1.82) is 0 Å². The van der Waals surface area contributed by atoms with Crippen molar-refractivity contribution in [3.8, 4) is 0 Å². The first-order valence-corrected chi connectivity index (χ1v) is 11.7. The Morgan fingerprint density at radius 2 is 1.75 bits per heavy atom. The van der Waals surface area contributed by atoms with Crippen molar-refractivity contribution in [2.75, 3.05) is 16.2 Å². The van der Waals surface area contributed by atoms with Gasteiger partial charge in [0.15, 0.2) is 5.58 Å². The molecule has 0 saturated carbocycles. The van der Waals surface area contributed by atoms with E-state index in [1.807, 2.05) is 31.2 Å². The Morgan fingerprint density at radius 1 is 1.03 bits per heavy atom. The van der Waals surface area contributed by atoms with Crippen molar-refractivity contribution in [2.24, 2.45) is 0 Å². The molecule has 0 aliphatic rings. The normalized spacial score (nSPS) is 11.4. The second kappa shape index (κ2) is 8.84. The van der Waals surface area contributed by atoms with Crippen LogP contribution >= 0.6 is 0 Å². The van der Waals surface area contributed by atoms with Crippen molar-refractivity contribution in [2.45, 2.75) is 25.2 Å². The molecule has 0 radical (unpaired) electrons. The number of benzene rings is 3. The summed E-state index contributed by atoms with van der Waals surface area (Å²) in [5, 5.41) is 7.51. The van der Waals surface area contributed by atoms with Gasteiger partial charge in [-0.3, -0.25) is 9.10 Å². The first-order valence-electron chi connectivity index (χ1n) is 10.2. The van der Waals surface area contributed by atoms with Crippen LogP contribution in [0, 0.1) is 6.92 Å². The number of fused-ring (bicyclic) bond motifs is 1. The van der Waals surface area contributed by atoms with Crippen molar-refractivity contribution >= 4 is 38.3 Å². The number of amides is 1. The van der Waals surface area contributed by atoms with E-state index in [0.717, 1.165) is 10.9 Å². The topological polar surface area (TPSA) is 92.5 Å². The molecule has 8 heteroatoms. The quantitative estimate of drug-likeness (QED) is 0.447. The summed E-state index contributed by atoms with van der Waals surface area (Å²) < 4.78 is 33.5. The number of nitrogens with one attached hydrogen (secondary N) is 1.